The predicted octanol–water partition coefficient (Wildman–Crippen LogP) is -4.33. The molecule has 0 spiro atoms. The molecular formula is H3GeNaO3. The Morgan fingerprint density at radius 3 is 1.40 bits per heavy atom. The third kappa shape index (κ3) is 40.4. The molecule has 0 aliphatic rings. The second-order valence-corrected chi connectivity index (χ2v) is 0.433. The fraction of sp³-hybridized carbons (Fsp3) is 0. The quantitative estimate of drug-likeness (QED) is 0.325. The summed E-state index contributed by atoms with van der Waals surface area (Å²) in [5.74, 6) is 0. The molecule has 0 amide bonds. The van der Waals surface area contributed by atoms with E-state index in [9.17, 15) is 0 Å². The van der Waals surface area contributed by atoms with Crippen LogP contribution in [0, 0.1) is 0 Å². The Balaban J connectivity index is -0.00000000667. The van der Waals surface area contributed by atoms with Crippen molar-refractivity contribution in [3.63, 3.8) is 0 Å². The van der Waals surface area contributed by atoms with Crippen LogP contribution in [0.15, 0.2) is 0 Å². The molecule has 0 saturated heterocycles. The van der Waals surface area contributed by atoms with Gasteiger partial charge in [-0.05, 0) is 0 Å². The first-order valence-corrected chi connectivity index (χ1v) is 2.12. The first kappa shape index (κ1) is 16.5. The first-order valence-electron chi connectivity index (χ1n) is 0.408. The molecule has 2 N–H and O–H groups in total. The summed E-state index contributed by atoms with van der Waals surface area (Å²) in [5, 5.41) is 0. The van der Waals surface area contributed by atoms with E-state index < -0.39 is 15.3 Å². The van der Waals surface area contributed by atoms with E-state index in [0.29, 0.717) is 0 Å². The number of hydrogen-bond donors (Lipinski definition) is 0. The van der Waals surface area contributed by atoms with Gasteiger partial charge in [0.15, 0.2) is 0 Å². The predicted molar refractivity (Wildman–Crippen MR) is 11.9 cm³/mol. The van der Waals surface area contributed by atoms with Crippen LogP contribution in [-0.2, 0) is 7.56 Å². The summed E-state index contributed by atoms with van der Waals surface area (Å²) in [6, 6.07) is 0. The molecule has 26 valence electrons. The van der Waals surface area contributed by atoms with Gasteiger partial charge >= 0.3 is 52.4 Å². The van der Waals surface area contributed by atoms with Crippen LogP contribution in [0.25, 0.3) is 0 Å². The fourth-order valence-corrected chi connectivity index (χ4v) is 0. The van der Waals surface area contributed by atoms with Crippen LogP contribution in [0.3, 0.4) is 0 Å². The topological polar surface area (TPSA) is 65.6 Å². The third-order valence-electron chi connectivity index (χ3n) is 0. The van der Waals surface area contributed by atoms with Crippen LogP contribution in [0.5, 0.6) is 0 Å². The zero-order valence-corrected chi connectivity index (χ0v) is 6.91. The Labute approximate surface area is 59.1 Å². The van der Waals surface area contributed by atoms with Gasteiger partial charge < -0.3 is 6.90 Å². The van der Waals surface area contributed by atoms with Gasteiger partial charge in [-0.2, -0.15) is 0 Å². The van der Waals surface area contributed by atoms with E-state index in [-0.39, 0.29) is 36.5 Å². The standard InChI is InChI=1S/GeO2.Na.H2O.H/c2-1-3;;;/h;;1H2;/q;+1;;-1. The van der Waals surface area contributed by atoms with Gasteiger partial charge in [-0.3, -0.25) is 0 Å². The minimum atomic E-state index is -2.00. The van der Waals surface area contributed by atoms with E-state index in [1.165, 1.54) is 0 Å². The van der Waals surface area contributed by atoms with Gasteiger partial charge in [0.1, 0.15) is 0 Å². The Morgan fingerprint density at radius 1 is 1.40 bits per heavy atom. The minimum absolute atomic E-state index is 0. The second kappa shape index (κ2) is 19.4. The van der Waals surface area contributed by atoms with E-state index in [4.69, 9.17) is 7.56 Å². The van der Waals surface area contributed by atoms with Gasteiger partial charge in [-0.25, -0.2) is 0 Å². The van der Waals surface area contributed by atoms with Gasteiger partial charge in [0, 0.05) is 0 Å². The van der Waals surface area contributed by atoms with Crippen molar-refractivity contribution in [1.82, 2.24) is 0 Å². The summed E-state index contributed by atoms with van der Waals surface area (Å²) < 4.78 is 17.0. The monoisotopic (exact) mass is 148 g/mol. The summed E-state index contributed by atoms with van der Waals surface area (Å²) in [6.45, 7) is 0. The molecule has 0 radical (unpaired) electrons. The molecule has 0 rings (SSSR count). The summed E-state index contributed by atoms with van der Waals surface area (Å²) >= 11 is -2.00. The Kier molecular flexibility index (Phi) is 64.1. The molecule has 5 heavy (non-hydrogen) atoms. The van der Waals surface area contributed by atoms with Crippen LogP contribution in [0.2, 0.25) is 0 Å². The van der Waals surface area contributed by atoms with E-state index in [0.717, 1.165) is 0 Å². The Hall–Kier alpha value is 1.10. The van der Waals surface area contributed by atoms with Crippen molar-refractivity contribution < 1.29 is 44.0 Å². The third-order valence-corrected chi connectivity index (χ3v) is 0. The molecule has 0 saturated carbocycles. The zero-order valence-electron chi connectivity index (χ0n) is 3.82. The van der Waals surface area contributed by atoms with E-state index in [2.05, 4.69) is 0 Å². The van der Waals surface area contributed by atoms with Gasteiger partial charge in [0.05, 0.1) is 0 Å². The number of hydrogen-bond acceptors (Lipinski definition) is 2. The summed E-state index contributed by atoms with van der Waals surface area (Å²) in [6.07, 6.45) is 0. The Morgan fingerprint density at radius 2 is 1.40 bits per heavy atom. The van der Waals surface area contributed by atoms with Crippen molar-refractivity contribution >= 4 is 15.3 Å². The summed E-state index contributed by atoms with van der Waals surface area (Å²) in [4.78, 5) is 0. The van der Waals surface area contributed by atoms with Gasteiger partial charge in [0.2, 0.25) is 0 Å². The van der Waals surface area contributed by atoms with Crippen molar-refractivity contribution in [2.75, 3.05) is 0 Å². The SMILES string of the molecule is O.[H-].[Na+].[O]=[Ge]=[O]. The molecule has 5 heteroatoms. The molecule has 0 atom stereocenters. The molecular weight excluding hydrogens is 144 g/mol. The first-order chi connectivity index (χ1) is 1.41. The van der Waals surface area contributed by atoms with Gasteiger partial charge in [-0.1, -0.05) is 0 Å². The van der Waals surface area contributed by atoms with Crippen molar-refractivity contribution in [1.29, 1.82) is 0 Å². The second-order valence-electron chi connectivity index (χ2n) is 0.0833. The molecule has 0 aliphatic carbocycles. The molecule has 0 unspecified atom stereocenters. The van der Waals surface area contributed by atoms with Crippen molar-refractivity contribution in [2.24, 2.45) is 0 Å². The van der Waals surface area contributed by atoms with Crippen LogP contribution in [0.1, 0.15) is 1.43 Å². The molecule has 0 heterocycles. The van der Waals surface area contributed by atoms with Crippen molar-refractivity contribution in [2.45, 2.75) is 0 Å². The van der Waals surface area contributed by atoms with E-state index in [1.54, 1.807) is 0 Å². The van der Waals surface area contributed by atoms with Gasteiger partial charge in [0.25, 0.3) is 0 Å². The van der Waals surface area contributed by atoms with Gasteiger partial charge in [-0.15, -0.1) is 0 Å². The average Bonchev–Trinajstić information content (AvgIpc) is 0.918. The van der Waals surface area contributed by atoms with E-state index >= 15 is 0 Å². The van der Waals surface area contributed by atoms with Crippen LogP contribution in [0.4, 0.5) is 0 Å². The molecule has 0 aromatic carbocycles. The molecule has 0 aromatic heterocycles. The normalized spacial score (nSPS) is 1.60. The zero-order chi connectivity index (χ0) is 2.71. The maximum absolute atomic E-state index is 8.50. The van der Waals surface area contributed by atoms with Crippen LogP contribution in [-0.4, -0.2) is 20.8 Å². The average molecular weight is 147 g/mol. The molecule has 0 bridgehead atoms. The van der Waals surface area contributed by atoms with Crippen molar-refractivity contribution in [3.05, 3.63) is 0 Å². The molecule has 0 aliphatic heterocycles. The van der Waals surface area contributed by atoms with Crippen molar-refractivity contribution in [3.8, 4) is 0 Å². The Bertz CT molecular complexity index is 31.8. The summed E-state index contributed by atoms with van der Waals surface area (Å²) in [7, 11) is 0. The molecule has 3 nitrogen and oxygen atoms in total. The fourth-order valence-electron chi connectivity index (χ4n) is 0. The maximum atomic E-state index is 8.50. The number of rotatable bonds is 0. The molecule has 0 aromatic rings. The molecule has 0 fully saturated rings. The van der Waals surface area contributed by atoms with E-state index in [1.807, 2.05) is 0 Å². The van der Waals surface area contributed by atoms with Crippen LogP contribution < -0.4 is 29.6 Å². The van der Waals surface area contributed by atoms with Crippen LogP contribution >= 0.6 is 0 Å². The summed E-state index contributed by atoms with van der Waals surface area (Å²) in [5.41, 5.74) is 0.